The summed E-state index contributed by atoms with van der Waals surface area (Å²) in [4.78, 5) is 26.3. The molecule has 2 amide bonds. The fraction of sp³-hybridized carbons (Fsp3) is 0.250. The van der Waals surface area contributed by atoms with Gasteiger partial charge in [0.15, 0.2) is 6.61 Å². The van der Waals surface area contributed by atoms with Gasteiger partial charge in [0.1, 0.15) is 5.75 Å². The summed E-state index contributed by atoms with van der Waals surface area (Å²) in [5.41, 5.74) is 1.64. The Hall–Kier alpha value is -3.34. The second-order valence-corrected chi connectivity index (χ2v) is 7.31. The summed E-state index contributed by atoms with van der Waals surface area (Å²) in [6.45, 7) is 1.67. The Kier molecular flexibility index (Phi) is 5.75. The van der Waals surface area contributed by atoms with Crippen LogP contribution in [0.3, 0.4) is 0 Å². The van der Waals surface area contributed by atoms with Gasteiger partial charge in [-0.05, 0) is 53.4 Å². The SMILES string of the molecule is O=C(COc1ccc2ccccc2c1)Nc1ccc(CC(=O)N2CCCC2)cc1. The number of carbonyl (C=O) groups is 2. The highest BCUT2D eigenvalue weighted by Gasteiger charge is 2.17. The standard InChI is InChI=1S/C24H24N2O3/c27-23(17-29-22-12-9-19-5-1-2-6-20(19)16-22)25-21-10-7-18(8-11-21)15-24(28)26-13-3-4-14-26/h1-2,5-12,16H,3-4,13-15,17H2,(H,25,27). The highest BCUT2D eigenvalue weighted by molar-refractivity contribution is 5.92. The number of carbonyl (C=O) groups excluding carboxylic acids is 2. The zero-order valence-electron chi connectivity index (χ0n) is 16.3. The Labute approximate surface area is 170 Å². The average Bonchev–Trinajstić information content (AvgIpc) is 3.29. The smallest absolute Gasteiger partial charge is 0.262 e. The number of fused-ring (bicyclic) bond motifs is 1. The first-order chi connectivity index (χ1) is 14.2. The normalized spacial score (nSPS) is 13.4. The van der Waals surface area contributed by atoms with Gasteiger partial charge in [0.2, 0.25) is 5.91 Å². The molecule has 1 fully saturated rings. The van der Waals surface area contributed by atoms with Gasteiger partial charge in [-0.3, -0.25) is 9.59 Å². The molecule has 0 aliphatic carbocycles. The van der Waals surface area contributed by atoms with Crippen molar-refractivity contribution in [2.24, 2.45) is 0 Å². The summed E-state index contributed by atoms with van der Waals surface area (Å²) in [5, 5.41) is 5.03. The van der Waals surface area contributed by atoms with Gasteiger partial charge in [0.25, 0.3) is 5.91 Å². The van der Waals surface area contributed by atoms with E-state index in [2.05, 4.69) is 5.32 Å². The summed E-state index contributed by atoms with van der Waals surface area (Å²) in [5.74, 6) is 0.608. The molecule has 1 saturated heterocycles. The van der Waals surface area contributed by atoms with E-state index < -0.39 is 0 Å². The summed E-state index contributed by atoms with van der Waals surface area (Å²) in [7, 11) is 0. The highest BCUT2D eigenvalue weighted by Crippen LogP contribution is 2.20. The number of nitrogens with zero attached hydrogens (tertiary/aromatic N) is 1. The Balaban J connectivity index is 1.28. The number of likely N-dealkylation sites (tertiary alicyclic amines) is 1. The summed E-state index contributed by atoms with van der Waals surface area (Å²) >= 11 is 0. The molecule has 1 aliphatic heterocycles. The lowest BCUT2D eigenvalue weighted by Crippen LogP contribution is -2.29. The third-order valence-electron chi connectivity index (χ3n) is 5.14. The molecule has 0 bridgehead atoms. The molecular weight excluding hydrogens is 364 g/mol. The molecule has 0 atom stereocenters. The second kappa shape index (κ2) is 8.78. The van der Waals surface area contributed by atoms with Gasteiger partial charge >= 0.3 is 0 Å². The minimum absolute atomic E-state index is 0.0620. The van der Waals surface area contributed by atoms with Gasteiger partial charge in [0.05, 0.1) is 6.42 Å². The molecule has 4 rings (SSSR count). The molecule has 3 aromatic rings. The number of amides is 2. The van der Waals surface area contributed by atoms with Crippen molar-refractivity contribution in [1.29, 1.82) is 0 Å². The number of rotatable bonds is 6. The number of nitrogens with one attached hydrogen (secondary N) is 1. The molecule has 1 N–H and O–H groups in total. The predicted octanol–water partition coefficient (Wildman–Crippen LogP) is 4.02. The van der Waals surface area contributed by atoms with Gasteiger partial charge in [-0.25, -0.2) is 0 Å². The molecule has 0 aromatic heterocycles. The topological polar surface area (TPSA) is 58.6 Å². The van der Waals surface area contributed by atoms with Gasteiger partial charge in [-0.2, -0.15) is 0 Å². The van der Waals surface area contributed by atoms with Crippen molar-refractivity contribution in [3.8, 4) is 5.75 Å². The maximum Gasteiger partial charge on any atom is 0.262 e. The summed E-state index contributed by atoms with van der Waals surface area (Å²) in [6.07, 6.45) is 2.59. The van der Waals surface area contributed by atoms with Crippen LogP contribution in [0.15, 0.2) is 66.7 Å². The predicted molar refractivity (Wildman–Crippen MR) is 114 cm³/mol. The molecule has 0 saturated carbocycles. The first-order valence-corrected chi connectivity index (χ1v) is 9.95. The Morgan fingerprint density at radius 3 is 2.38 bits per heavy atom. The average molecular weight is 388 g/mol. The molecule has 29 heavy (non-hydrogen) atoms. The Morgan fingerprint density at radius 2 is 1.62 bits per heavy atom. The van der Waals surface area contributed by atoms with Crippen molar-refractivity contribution in [1.82, 2.24) is 4.90 Å². The number of hydrogen-bond acceptors (Lipinski definition) is 3. The monoisotopic (exact) mass is 388 g/mol. The minimum Gasteiger partial charge on any atom is -0.484 e. The van der Waals surface area contributed by atoms with Crippen LogP contribution < -0.4 is 10.1 Å². The van der Waals surface area contributed by atoms with Crippen LogP contribution in [0, 0.1) is 0 Å². The third-order valence-corrected chi connectivity index (χ3v) is 5.14. The van der Waals surface area contributed by atoms with Crippen LogP contribution in [-0.2, 0) is 16.0 Å². The van der Waals surface area contributed by atoms with E-state index in [1.165, 1.54) is 0 Å². The molecule has 3 aromatic carbocycles. The van der Waals surface area contributed by atoms with Crippen molar-refractivity contribution in [2.75, 3.05) is 25.0 Å². The zero-order chi connectivity index (χ0) is 20.1. The Morgan fingerprint density at radius 1 is 0.897 bits per heavy atom. The fourth-order valence-corrected chi connectivity index (χ4v) is 3.56. The van der Waals surface area contributed by atoms with E-state index >= 15 is 0 Å². The maximum absolute atomic E-state index is 12.2. The lowest BCUT2D eigenvalue weighted by atomic mass is 10.1. The van der Waals surface area contributed by atoms with Gasteiger partial charge in [-0.15, -0.1) is 0 Å². The van der Waals surface area contributed by atoms with Crippen molar-refractivity contribution in [3.63, 3.8) is 0 Å². The highest BCUT2D eigenvalue weighted by atomic mass is 16.5. The van der Waals surface area contributed by atoms with Crippen molar-refractivity contribution < 1.29 is 14.3 Å². The van der Waals surface area contributed by atoms with E-state index in [-0.39, 0.29) is 18.4 Å². The van der Waals surface area contributed by atoms with Gasteiger partial charge in [-0.1, -0.05) is 42.5 Å². The van der Waals surface area contributed by atoms with Crippen LogP contribution in [0.1, 0.15) is 18.4 Å². The second-order valence-electron chi connectivity index (χ2n) is 7.31. The molecule has 0 unspecified atom stereocenters. The van der Waals surface area contributed by atoms with Crippen LogP contribution >= 0.6 is 0 Å². The van der Waals surface area contributed by atoms with Gasteiger partial charge in [0, 0.05) is 18.8 Å². The van der Waals surface area contributed by atoms with Crippen LogP contribution in [0.25, 0.3) is 10.8 Å². The molecular formula is C24H24N2O3. The van der Waals surface area contributed by atoms with Crippen molar-refractivity contribution >= 4 is 28.3 Å². The number of benzene rings is 3. The maximum atomic E-state index is 12.2. The van der Waals surface area contributed by atoms with E-state index in [1.54, 1.807) is 0 Å². The number of ether oxygens (including phenoxy) is 1. The quantitative estimate of drug-likeness (QED) is 0.694. The molecule has 5 nitrogen and oxygen atoms in total. The lowest BCUT2D eigenvalue weighted by Gasteiger charge is -2.15. The zero-order valence-corrected chi connectivity index (χ0v) is 16.3. The van der Waals surface area contributed by atoms with Crippen molar-refractivity contribution in [3.05, 3.63) is 72.3 Å². The summed E-state index contributed by atoms with van der Waals surface area (Å²) in [6, 6.07) is 21.2. The molecule has 1 aliphatic rings. The first-order valence-electron chi connectivity index (χ1n) is 9.95. The van der Waals surface area contributed by atoms with Crippen molar-refractivity contribution in [2.45, 2.75) is 19.3 Å². The lowest BCUT2D eigenvalue weighted by molar-refractivity contribution is -0.129. The summed E-state index contributed by atoms with van der Waals surface area (Å²) < 4.78 is 5.62. The third kappa shape index (κ3) is 4.93. The Bertz CT molecular complexity index is 1010. The largest absolute Gasteiger partial charge is 0.484 e. The minimum atomic E-state index is -0.223. The van der Waals surface area contributed by atoms with Gasteiger partial charge < -0.3 is 15.0 Å². The fourth-order valence-electron chi connectivity index (χ4n) is 3.56. The number of hydrogen-bond donors (Lipinski definition) is 1. The molecule has 5 heteroatoms. The molecule has 0 spiro atoms. The van der Waals surface area contributed by atoms with E-state index in [9.17, 15) is 9.59 Å². The van der Waals surface area contributed by atoms with E-state index in [4.69, 9.17) is 4.74 Å². The van der Waals surface area contributed by atoms with Crippen LogP contribution in [0.5, 0.6) is 5.75 Å². The van der Waals surface area contributed by atoms with E-state index in [0.29, 0.717) is 17.9 Å². The first kappa shape index (κ1) is 19.0. The molecule has 148 valence electrons. The van der Waals surface area contributed by atoms with E-state index in [0.717, 1.165) is 42.3 Å². The van der Waals surface area contributed by atoms with Crippen LogP contribution in [0.2, 0.25) is 0 Å². The van der Waals surface area contributed by atoms with Crippen LogP contribution in [-0.4, -0.2) is 36.4 Å². The molecule has 0 radical (unpaired) electrons. The van der Waals surface area contributed by atoms with Crippen LogP contribution in [0.4, 0.5) is 5.69 Å². The molecule has 1 heterocycles. The van der Waals surface area contributed by atoms with E-state index in [1.807, 2.05) is 71.6 Å². The number of anilines is 1.